The van der Waals surface area contributed by atoms with E-state index in [9.17, 15) is 4.79 Å². The van der Waals surface area contributed by atoms with E-state index >= 15 is 0 Å². The first-order chi connectivity index (χ1) is 15.6. The molecule has 1 unspecified atom stereocenters. The van der Waals surface area contributed by atoms with Crippen molar-refractivity contribution in [3.05, 3.63) is 46.5 Å². The van der Waals surface area contributed by atoms with Crippen LogP contribution in [0.4, 0.5) is 0 Å². The fourth-order valence-electron chi connectivity index (χ4n) is 3.57. The molecule has 2 rings (SSSR count). The van der Waals surface area contributed by atoms with Gasteiger partial charge in [0.2, 0.25) is 0 Å². The van der Waals surface area contributed by atoms with E-state index in [-0.39, 0.29) is 38.4 Å². The van der Waals surface area contributed by atoms with E-state index in [1.807, 2.05) is 26.0 Å². The molecule has 0 N–H and O–H groups in total. The van der Waals surface area contributed by atoms with Crippen LogP contribution in [0.15, 0.2) is 24.3 Å². The van der Waals surface area contributed by atoms with Crippen molar-refractivity contribution in [1.29, 1.82) is 0 Å². The van der Waals surface area contributed by atoms with Crippen molar-refractivity contribution in [1.82, 2.24) is 0 Å². The topological polar surface area (TPSA) is 44.8 Å². The quantitative estimate of drug-likeness (QED) is 0.258. The van der Waals surface area contributed by atoms with E-state index < -0.39 is 0 Å². The number of carbonyl (C=O) groups excluding carboxylic acids is 1. The summed E-state index contributed by atoms with van der Waals surface area (Å²) >= 11 is 0. The number of ether oxygens (including phenoxy) is 3. The summed E-state index contributed by atoms with van der Waals surface area (Å²) in [6, 6.07) is 8.11. The van der Waals surface area contributed by atoms with E-state index in [1.165, 1.54) is 5.56 Å². The average Bonchev–Trinajstić information content (AvgIpc) is 2.74. The van der Waals surface area contributed by atoms with Gasteiger partial charge >= 0.3 is 18.9 Å². The van der Waals surface area contributed by atoms with Crippen molar-refractivity contribution in [2.75, 3.05) is 19.8 Å². The Bertz CT molecular complexity index is 898. The normalized spacial score (nSPS) is 11.4. The second-order valence-electron chi connectivity index (χ2n) is 9.53. The van der Waals surface area contributed by atoms with Crippen LogP contribution in [-0.4, -0.2) is 44.2 Å². The summed E-state index contributed by atoms with van der Waals surface area (Å²) in [5.74, 6) is 2.09. The van der Waals surface area contributed by atoms with Crippen molar-refractivity contribution in [3.63, 3.8) is 0 Å². The summed E-state index contributed by atoms with van der Waals surface area (Å²) in [5, 5.41) is 0.824. The molecule has 4 nitrogen and oxygen atoms in total. The van der Waals surface area contributed by atoms with E-state index in [0.29, 0.717) is 31.3 Å². The molecule has 6 heteroatoms. The van der Waals surface area contributed by atoms with Gasteiger partial charge in [-0.3, -0.25) is 4.79 Å². The summed E-state index contributed by atoms with van der Waals surface area (Å²) < 4.78 is 18.0. The van der Waals surface area contributed by atoms with Gasteiger partial charge in [0.15, 0.2) is 5.52 Å². The number of rotatable bonds is 12. The summed E-state index contributed by atoms with van der Waals surface area (Å²) in [6.07, 6.45) is 2.68. The summed E-state index contributed by atoms with van der Waals surface area (Å²) in [6.45, 7) is 18.7. The molecule has 0 spiro atoms. The van der Waals surface area contributed by atoms with Crippen LogP contribution in [0.2, 0.25) is 0 Å². The zero-order valence-electron chi connectivity index (χ0n) is 21.7. The molecule has 0 fully saturated rings. The number of hydrogen-bond acceptors (Lipinski definition) is 4. The summed E-state index contributed by atoms with van der Waals surface area (Å²) in [7, 11) is -0.0937. The van der Waals surface area contributed by atoms with Gasteiger partial charge in [-0.25, -0.2) is 0 Å². The van der Waals surface area contributed by atoms with Gasteiger partial charge in [0.05, 0.1) is 25.1 Å². The first kappa shape index (κ1) is 30.6. The Morgan fingerprint density at radius 2 is 1.24 bits per heavy atom. The van der Waals surface area contributed by atoms with Crippen molar-refractivity contribution in [2.24, 2.45) is 0 Å². The summed E-state index contributed by atoms with van der Waals surface area (Å²) in [5.41, 5.74) is 4.23. The molecule has 34 heavy (non-hydrogen) atoms. The molecule has 0 aliphatic carbocycles. The summed E-state index contributed by atoms with van der Waals surface area (Å²) in [4.78, 5) is 13.6. The third kappa shape index (κ3) is 8.33. The third-order valence-electron chi connectivity index (χ3n) is 5.30. The minimum atomic E-state index is -0.0937. The van der Waals surface area contributed by atoms with Crippen LogP contribution in [0.3, 0.4) is 0 Å². The van der Waals surface area contributed by atoms with Gasteiger partial charge in [-0.1, -0.05) is 53.7 Å². The maximum absolute atomic E-state index is 13.6. The van der Waals surface area contributed by atoms with Crippen molar-refractivity contribution >= 4 is 38.3 Å². The first-order valence-corrected chi connectivity index (χ1v) is 13.1. The van der Waals surface area contributed by atoms with Crippen LogP contribution < -0.4 is 19.5 Å². The molecule has 0 saturated carbocycles. The third-order valence-corrected chi connectivity index (χ3v) is 6.52. The molecular formula is C28H42LiO4P. The SMILES string of the molecule is CCCOc1cc(OCCC)c(PC(=O)c2c(C)cc(C(C)(C)C)cc2C)c(OCCC)c1.[LiH]. The van der Waals surface area contributed by atoms with Crippen LogP contribution in [0.25, 0.3) is 0 Å². The second kappa shape index (κ2) is 14.2. The van der Waals surface area contributed by atoms with Crippen molar-refractivity contribution < 1.29 is 19.0 Å². The molecule has 0 aromatic heterocycles. The Morgan fingerprint density at radius 3 is 1.65 bits per heavy atom. The molecule has 0 aliphatic rings. The molecule has 0 amide bonds. The zero-order valence-corrected chi connectivity index (χ0v) is 22.7. The Morgan fingerprint density at radius 1 is 0.794 bits per heavy atom. The van der Waals surface area contributed by atoms with Crippen molar-refractivity contribution in [2.45, 2.75) is 80.1 Å². The van der Waals surface area contributed by atoms with Crippen LogP contribution in [0.1, 0.15) is 87.9 Å². The maximum atomic E-state index is 13.6. The van der Waals surface area contributed by atoms with Crippen LogP contribution in [0.5, 0.6) is 17.2 Å². The molecular weight excluding hydrogens is 438 g/mol. The number of benzene rings is 2. The molecule has 1 atom stereocenters. The Kier molecular flexibility index (Phi) is 12.8. The predicted molar refractivity (Wildman–Crippen MR) is 148 cm³/mol. The Hall–Kier alpha value is -1.46. The fourth-order valence-corrected chi connectivity index (χ4v) is 4.86. The van der Waals surface area contributed by atoms with Gasteiger partial charge in [0, 0.05) is 17.7 Å². The second-order valence-corrected chi connectivity index (χ2v) is 10.7. The number of hydrogen-bond donors (Lipinski definition) is 0. The molecule has 0 radical (unpaired) electrons. The molecule has 2 aromatic carbocycles. The van der Waals surface area contributed by atoms with Gasteiger partial charge in [-0.15, -0.1) is 0 Å². The van der Waals surface area contributed by atoms with Crippen LogP contribution in [-0.2, 0) is 5.41 Å². The standard InChI is InChI=1S/C28H41O4P.Li.H/c1-9-12-30-22-17-23(31-13-10-2)26(24(18-22)32-14-11-3)33-27(29)25-19(4)15-21(16-20(25)5)28(6,7)8;;/h15-18,33H,9-14H2,1-8H3;;. The van der Waals surface area contributed by atoms with Gasteiger partial charge in [0.1, 0.15) is 17.2 Å². The zero-order chi connectivity index (χ0) is 24.6. The first-order valence-electron chi connectivity index (χ1n) is 12.1. The molecule has 0 bridgehead atoms. The van der Waals surface area contributed by atoms with Gasteiger partial charge in [0.25, 0.3) is 0 Å². The number of aryl methyl sites for hydroxylation is 2. The average molecular weight is 481 g/mol. The van der Waals surface area contributed by atoms with Crippen LogP contribution in [0, 0.1) is 13.8 Å². The van der Waals surface area contributed by atoms with Gasteiger partial charge < -0.3 is 14.2 Å². The predicted octanol–water partition coefficient (Wildman–Crippen LogP) is 6.46. The van der Waals surface area contributed by atoms with E-state index in [0.717, 1.165) is 47.0 Å². The molecule has 0 saturated heterocycles. The monoisotopic (exact) mass is 480 g/mol. The molecule has 2 aromatic rings. The molecule has 0 heterocycles. The molecule has 184 valence electrons. The van der Waals surface area contributed by atoms with Crippen molar-refractivity contribution in [3.8, 4) is 17.2 Å². The Balaban J connectivity index is 0.00000578. The van der Waals surface area contributed by atoms with Crippen LogP contribution >= 0.6 is 8.58 Å². The van der Waals surface area contributed by atoms with E-state index in [4.69, 9.17) is 14.2 Å². The minimum absolute atomic E-state index is 0. The number of carbonyl (C=O) groups is 1. The Labute approximate surface area is 220 Å². The van der Waals surface area contributed by atoms with Gasteiger partial charge in [-0.2, -0.15) is 0 Å². The van der Waals surface area contributed by atoms with Gasteiger partial charge in [-0.05, 0) is 63.8 Å². The van der Waals surface area contributed by atoms with E-state index in [2.05, 4.69) is 53.7 Å². The van der Waals surface area contributed by atoms with E-state index in [1.54, 1.807) is 0 Å². The fraction of sp³-hybridized carbons (Fsp3) is 0.536. The molecule has 0 aliphatic heterocycles.